The summed E-state index contributed by atoms with van der Waals surface area (Å²) in [4.78, 5) is 29.6. The Morgan fingerprint density at radius 3 is 2.33 bits per heavy atom. The highest BCUT2D eigenvalue weighted by Crippen LogP contribution is 2.46. The standard InChI is InChI=1S/C26H30F7N5O2/c27-23(28)16-10-17(16)24(40)37-22(14-3-6-25(29,30)7-4-14)18-12-38-19(35-18)9-15(11-34-38)21(13-1-2-13)36-20(39)5-8-26(31,32)33/h9,11-14,16-17,21-23H,1-8,10H2,(H,36,39)(H,37,40)/t16-,17+,21?,22-/m0/s1. The molecule has 3 fully saturated rings. The van der Waals surface area contributed by atoms with Crippen molar-refractivity contribution in [2.75, 3.05) is 0 Å². The monoisotopic (exact) mass is 577 g/mol. The number of imidazole rings is 1. The van der Waals surface area contributed by atoms with Crippen LogP contribution >= 0.6 is 0 Å². The van der Waals surface area contributed by atoms with Crippen LogP contribution in [0.4, 0.5) is 30.7 Å². The fraction of sp³-hybridized carbons (Fsp3) is 0.692. The van der Waals surface area contributed by atoms with E-state index in [1.165, 1.54) is 10.7 Å². The first kappa shape index (κ1) is 28.6. The van der Waals surface area contributed by atoms with Crippen molar-refractivity contribution in [2.24, 2.45) is 23.7 Å². The number of alkyl halides is 7. The number of hydrogen-bond donors (Lipinski definition) is 2. The van der Waals surface area contributed by atoms with E-state index in [9.17, 15) is 40.3 Å². The molecule has 220 valence electrons. The second-order valence-corrected chi connectivity index (χ2v) is 11.3. The van der Waals surface area contributed by atoms with Crippen LogP contribution in [0.1, 0.15) is 81.1 Å². The molecular formula is C26H30F7N5O2. The van der Waals surface area contributed by atoms with Gasteiger partial charge in [-0.15, -0.1) is 0 Å². The molecule has 2 aromatic rings. The number of nitrogens with zero attached hydrogens (tertiary/aromatic N) is 3. The van der Waals surface area contributed by atoms with Crippen molar-refractivity contribution in [3.05, 3.63) is 29.7 Å². The summed E-state index contributed by atoms with van der Waals surface area (Å²) in [6, 6.07) is 0.315. The molecule has 0 bridgehead atoms. The van der Waals surface area contributed by atoms with Gasteiger partial charge >= 0.3 is 6.18 Å². The Labute approximate surface area is 225 Å². The Morgan fingerprint density at radius 2 is 1.73 bits per heavy atom. The first-order chi connectivity index (χ1) is 18.8. The van der Waals surface area contributed by atoms with E-state index in [2.05, 4.69) is 20.7 Å². The normalized spacial score (nSPS) is 24.6. The maximum atomic E-state index is 13.9. The summed E-state index contributed by atoms with van der Waals surface area (Å²) in [5.74, 6) is -6.29. The van der Waals surface area contributed by atoms with Gasteiger partial charge in [-0.05, 0) is 55.6 Å². The highest BCUT2D eigenvalue weighted by molar-refractivity contribution is 5.82. The molecule has 0 saturated heterocycles. The van der Waals surface area contributed by atoms with Gasteiger partial charge in [0.25, 0.3) is 0 Å². The van der Waals surface area contributed by atoms with Crippen LogP contribution in [0.2, 0.25) is 0 Å². The van der Waals surface area contributed by atoms with Crippen molar-refractivity contribution in [1.82, 2.24) is 25.2 Å². The van der Waals surface area contributed by atoms with Crippen molar-refractivity contribution in [1.29, 1.82) is 0 Å². The minimum atomic E-state index is -4.45. The second-order valence-electron chi connectivity index (χ2n) is 11.3. The SMILES string of the molecule is O=C(CCC(F)(F)F)NC(c1cnn2cc([C@@H](NC(=O)[C@@H]3C[C@@H]3C(F)F)C3CCC(F)(F)CC3)nc2c1)C1CC1. The number of nitrogens with one attached hydrogen (secondary N) is 2. The molecule has 0 aromatic carbocycles. The molecule has 3 aliphatic rings. The third-order valence-corrected chi connectivity index (χ3v) is 8.11. The Balaban J connectivity index is 1.36. The average molecular weight is 578 g/mol. The molecule has 3 aliphatic carbocycles. The fourth-order valence-electron chi connectivity index (χ4n) is 5.52. The first-order valence-corrected chi connectivity index (χ1v) is 13.5. The molecule has 2 N–H and O–H groups in total. The maximum Gasteiger partial charge on any atom is 0.389 e. The van der Waals surface area contributed by atoms with E-state index in [0.717, 1.165) is 12.8 Å². The van der Waals surface area contributed by atoms with Crippen LogP contribution in [0.5, 0.6) is 0 Å². The predicted octanol–water partition coefficient (Wildman–Crippen LogP) is 5.52. The molecule has 2 aromatic heterocycles. The number of fused-ring (bicyclic) bond motifs is 1. The van der Waals surface area contributed by atoms with Gasteiger partial charge < -0.3 is 10.6 Å². The molecule has 1 unspecified atom stereocenters. The Morgan fingerprint density at radius 1 is 1.05 bits per heavy atom. The zero-order chi connectivity index (χ0) is 28.8. The van der Waals surface area contributed by atoms with Gasteiger partial charge in [0.15, 0.2) is 5.65 Å². The van der Waals surface area contributed by atoms with Gasteiger partial charge in [-0.3, -0.25) is 9.59 Å². The number of hydrogen-bond acceptors (Lipinski definition) is 4. The summed E-state index contributed by atoms with van der Waals surface area (Å²) in [5, 5.41) is 9.79. The third-order valence-electron chi connectivity index (χ3n) is 8.11. The Hall–Kier alpha value is -2.93. The number of amides is 2. The lowest BCUT2D eigenvalue weighted by molar-refractivity contribution is -0.144. The summed E-state index contributed by atoms with van der Waals surface area (Å²) >= 11 is 0. The number of carbonyl (C=O) groups is 2. The van der Waals surface area contributed by atoms with Crippen LogP contribution in [-0.4, -0.2) is 44.9 Å². The summed E-state index contributed by atoms with van der Waals surface area (Å²) in [6.45, 7) is 0. The van der Waals surface area contributed by atoms with Gasteiger partial charge in [-0.2, -0.15) is 18.3 Å². The van der Waals surface area contributed by atoms with Gasteiger partial charge in [0.2, 0.25) is 24.2 Å². The predicted molar refractivity (Wildman–Crippen MR) is 127 cm³/mol. The zero-order valence-electron chi connectivity index (χ0n) is 21.4. The molecule has 0 radical (unpaired) electrons. The fourth-order valence-corrected chi connectivity index (χ4v) is 5.52. The van der Waals surface area contributed by atoms with Gasteiger partial charge in [0, 0.05) is 31.1 Å². The van der Waals surface area contributed by atoms with Crippen molar-refractivity contribution in [3.63, 3.8) is 0 Å². The van der Waals surface area contributed by atoms with Crippen molar-refractivity contribution < 1.29 is 40.3 Å². The van der Waals surface area contributed by atoms with E-state index in [1.54, 1.807) is 12.3 Å². The van der Waals surface area contributed by atoms with Crippen molar-refractivity contribution in [3.8, 4) is 0 Å². The molecule has 14 heteroatoms. The van der Waals surface area contributed by atoms with Gasteiger partial charge in [0.05, 0.1) is 36.6 Å². The lowest BCUT2D eigenvalue weighted by Gasteiger charge is -2.33. The Kier molecular flexibility index (Phi) is 7.73. The van der Waals surface area contributed by atoms with E-state index in [0.29, 0.717) is 16.9 Å². The quantitative estimate of drug-likeness (QED) is 0.364. The average Bonchev–Trinajstić information content (AvgIpc) is 3.80. The van der Waals surface area contributed by atoms with Crippen LogP contribution in [0, 0.1) is 23.7 Å². The van der Waals surface area contributed by atoms with Crippen LogP contribution in [0.3, 0.4) is 0 Å². The van der Waals surface area contributed by atoms with E-state index in [4.69, 9.17) is 0 Å². The first-order valence-electron chi connectivity index (χ1n) is 13.5. The molecule has 40 heavy (non-hydrogen) atoms. The zero-order valence-corrected chi connectivity index (χ0v) is 21.4. The van der Waals surface area contributed by atoms with E-state index in [-0.39, 0.29) is 43.9 Å². The Bertz CT molecular complexity index is 1240. The lowest BCUT2D eigenvalue weighted by atomic mass is 9.81. The summed E-state index contributed by atoms with van der Waals surface area (Å²) < 4.78 is 92.9. The number of halogens is 7. The molecule has 3 saturated carbocycles. The summed E-state index contributed by atoms with van der Waals surface area (Å²) in [6.07, 6.45) is -4.81. The summed E-state index contributed by atoms with van der Waals surface area (Å²) in [7, 11) is 0. The van der Waals surface area contributed by atoms with Crippen LogP contribution < -0.4 is 10.6 Å². The van der Waals surface area contributed by atoms with E-state index >= 15 is 0 Å². The van der Waals surface area contributed by atoms with Gasteiger partial charge in [-0.25, -0.2) is 27.1 Å². The molecule has 7 nitrogen and oxygen atoms in total. The summed E-state index contributed by atoms with van der Waals surface area (Å²) in [5.41, 5.74) is 1.24. The van der Waals surface area contributed by atoms with E-state index in [1.807, 2.05) is 0 Å². The molecular weight excluding hydrogens is 547 g/mol. The molecule has 0 aliphatic heterocycles. The second kappa shape index (κ2) is 10.8. The minimum Gasteiger partial charge on any atom is -0.349 e. The topological polar surface area (TPSA) is 88.4 Å². The number of aromatic nitrogens is 3. The van der Waals surface area contributed by atoms with Gasteiger partial charge in [0.1, 0.15) is 0 Å². The number of rotatable bonds is 10. The molecule has 2 amide bonds. The maximum absolute atomic E-state index is 13.9. The van der Waals surface area contributed by atoms with Crippen LogP contribution in [-0.2, 0) is 9.59 Å². The lowest BCUT2D eigenvalue weighted by Crippen LogP contribution is -2.38. The minimum absolute atomic E-state index is 0.0470. The van der Waals surface area contributed by atoms with Crippen molar-refractivity contribution in [2.45, 2.75) is 88.4 Å². The van der Waals surface area contributed by atoms with Crippen molar-refractivity contribution >= 4 is 17.5 Å². The van der Waals surface area contributed by atoms with Gasteiger partial charge in [-0.1, -0.05) is 0 Å². The third kappa shape index (κ3) is 6.85. The smallest absolute Gasteiger partial charge is 0.349 e. The molecule has 4 atom stereocenters. The number of carbonyl (C=O) groups excluding carboxylic acids is 2. The highest BCUT2D eigenvalue weighted by Gasteiger charge is 2.50. The molecule has 2 heterocycles. The van der Waals surface area contributed by atoms with Crippen LogP contribution in [0.15, 0.2) is 18.5 Å². The molecule has 5 rings (SSSR count). The van der Waals surface area contributed by atoms with Crippen LogP contribution in [0.25, 0.3) is 5.65 Å². The highest BCUT2D eigenvalue weighted by atomic mass is 19.4. The van der Waals surface area contributed by atoms with E-state index < -0.39 is 67.1 Å². The largest absolute Gasteiger partial charge is 0.389 e. The molecule has 0 spiro atoms.